The fourth-order valence-electron chi connectivity index (χ4n) is 4.36. The third kappa shape index (κ3) is 4.68. The second-order valence-electron chi connectivity index (χ2n) is 8.54. The highest BCUT2D eigenvalue weighted by atomic mass is 19.1. The van der Waals surface area contributed by atoms with Gasteiger partial charge in [-0.2, -0.15) is 15.5 Å². The van der Waals surface area contributed by atoms with Crippen LogP contribution in [0.15, 0.2) is 29.5 Å². The van der Waals surface area contributed by atoms with Crippen LogP contribution in [0.25, 0.3) is 11.5 Å². The molecule has 0 saturated carbocycles. The molecule has 14 heteroatoms. The van der Waals surface area contributed by atoms with E-state index in [0.29, 0.717) is 38.2 Å². The van der Waals surface area contributed by atoms with Crippen molar-refractivity contribution in [2.24, 2.45) is 12.1 Å². The molecule has 37 heavy (non-hydrogen) atoms. The summed E-state index contributed by atoms with van der Waals surface area (Å²) in [6, 6.07) is 5.10. The van der Waals surface area contributed by atoms with Crippen molar-refractivity contribution < 1.29 is 18.7 Å². The van der Waals surface area contributed by atoms with Gasteiger partial charge in [0.25, 0.3) is 0 Å². The molecule has 1 N–H and O–H groups in total. The summed E-state index contributed by atoms with van der Waals surface area (Å²) in [5.41, 5.74) is 0.635. The van der Waals surface area contributed by atoms with Crippen molar-refractivity contribution in [2.75, 3.05) is 31.1 Å². The van der Waals surface area contributed by atoms with Gasteiger partial charge in [0.1, 0.15) is 18.1 Å². The Morgan fingerprint density at radius 1 is 1.19 bits per heavy atom. The molecular formula is C23H22F2N10O2. The average molecular weight is 508 g/mol. The minimum absolute atomic E-state index is 0.0423. The number of hydrogen-bond donors (Lipinski definition) is 1. The Labute approximate surface area is 210 Å². The van der Waals surface area contributed by atoms with Crippen molar-refractivity contribution in [3.05, 3.63) is 53.0 Å². The van der Waals surface area contributed by atoms with Crippen LogP contribution in [0.1, 0.15) is 29.4 Å². The number of rotatable bonds is 4. The van der Waals surface area contributed by atoms with Gasteiger partial charge in [-0.15, -0.1) is 0 Å². The molecule has 2 amide bonds. The molecule has 0 unspecified atom stereocenters. The van der Waals surface area contributed by atoms with E-state index in [9.17, 15) is 18.7 Å². The molecule has 4 heterocycles. The topological polar surface area (TPSA) is 140 Å². The van der Waals surface area contributed by atoms with Crippen LogP contribution in [0.3, 0.4) is 0 Å². The van der Waals surface area contributed by atoms with E-state index in [1.807, 2.05) is 11.0 Å². The van der Waals surface area contributed by atoms with E-state index in [1.165, 1.54) is 15.8 Å². The molecule has 1 aromatic carbocycles. The lowest BCUT2D eigenvalue weighted by molar-refractivity contribution is 0.139. The van der Waals surface area contributed by atoms with Gasteiger partial charge in [-0.05, 0) is 23.8 Å². The summed E-state index contributed by atoms with van der Waals surface area (Å²) >= 11 is 0. The van der Waals surface area contributed by atoms with Gasteiger partial charge < -0.3 is 14.9 Å². The second kappa shape index (κ2) is 9.86. The van der Waals surface area contributed by atoms with Crippen LogP contribution in [0.2, 0.25) is 0 Å². The van der Waals surface area contributed by atoms with Crippen LogP contribution in [-0.4, -0.2) is 78.2 Å². The first-order chi connectivity index (χ1) is 17.9. The maximum absolute atomic E-state index is 14.5. The van der Waals surface area contributed by atoms with Crippen LogP contribution < -0.4 is 4.90 Å². The van der Waals surface area contributed by atoms with Gasteiger partial charge in [0, 0.05) is 45.9 Å². The molecule has 2 aliphatic heterocycles. The van der Waals surface area contributed by atoms with Gasteiger partial charge in [0.15, 0.2) is 17.5 Å². The lowest BCUT2D eigenvalue weighted by Crippen LogP contribution is -2.52. The first-order valence-electron chi connectivity index (χ1n) is 11.5. The maximum atomic E-state index is 14.5. The molecular weight excluding hydrogens is 486 g/mol. The second-order valence-corrected chi connectivity index (χ2v) is 8.54. The zero-order chi connectivity index (χ0) is 26.1. The molecule has 12 nitrogen and oxygen atoms in total. The molecule has 3 aromatic rings. The SMILES string of the molecule is Cn1nc(CO)nc1-c1nc(N2CCN(C(=O)N3N=CC[C@H]3c3cc(F)cc(C#N)c3)CC2)ncc1F. The first-order valence-corrected chi connectivity index (χ1v) is 11.5. The van der Waals surface area contributed by atoms with Gasteiger partial charge >= 0.3 is 6.03 Å². The van der Waals surface area contributed by atoms with Crippen LogP contribution in [0, 0.1) is 23.0 Å². The number of hydrazone groups is 1. The van der Waals surface area contributed by atoms with Crippen molar-refractivity contribution in [3.63, 3.8) is 0 Å². The molecule has 1 saturated heterocycles. The Bertz CT molecular complexity index is 1410. The van der Waals surface area contributed by atoms with Gasteiger partial charge in [-0.1, -0.05) is 0 Å². The molecule has 5 rings (SSSR count). The number of aliphatic hydroxyl groups is 1. The maximum Gasteiger partial charge on any atom is 0.341 e. The molecule has 0 bridgehead atoms. The van der Waals surface area contributed by atoms with E-state index < -0.39 is 17.7 Å². The summed E-state index contributed by atoms with van der Waals surface area (Å²) in [5.74, 6) is -0.636. The number of piperazine rings is 1. The molecule has 190 valence electrons. The van der Waals surface area contributed by atoms with Crippen LogP contribution in [0.5, 0.6) is 0 Å². The fraction of sp³-hybridized carbons (Fsp3) is 0.348. The van der Waals surface area contributed by atoms with E-state index in [0.717, 1.165) is 12.3 Å². The average Bonchev–Trinajstić information content (AvgIpc) is 3.55. The van der Waals surface area contributed by atoms with Gasteiger partial charge in [0.2, 0.25) is 5.95 Å². The molecule has 0 radical (unpaired) electrons. The van der Waals surface area contributed by atoms with Gasteiger partial charge in [0.05, 0.1) is 23.9 Å². The number of urea groups is 1. The highest BCUT2D eigenvalue weighted by Crippen LogP contribution is 2.31. The van der Waals surface area contributed by atoms with Gasteiger partial charge in [-0.3, -0.25) is 0 Å². The minimum atomic E-state index is -0.674. The van der Waals surface area contributed by atoms with E-state index in [2.05, 4.69) is 25.2 Å². The van der Waals surface area contributed by atoms with Crippen molar-refractivity contribution in [1.82, 2.24) is 34.6 Å². The summed E-state index contributed by atoms with van der Waals surface area (Å²) in [6.07, 6.45) is 3.06. The van der Waals surface area contributed by atoms with Crippen molar-refractivity contribution >= 4 is 18.2 Å². The Kier molecular flexibility index (Phi) is 6.45. The third-order valence-corrected chi connectivity index (χ3v) is 6.18. The third-order valence-electron chi connectivity index (χ3n) is 6.18. The minimum Gasteiger partial charge on any atom is -0.388 e. The zero-order valence-corrected chi connectivity index (χ0v) is 19.8. The van der Waals surface area contributed by atoms with E-state index in [-0.39, 0.29) is 41.5 Å². The number of hydrogen-bond acceptors (Lipinski definition) is 9. The quantitative estimate of drug-likeness (QED) is 0.561. The Morgan fingerprint density at radius 3 is 2.68 bits per heavy atom. The van der Waals surface area contributed by atoms with Crippen molar-refractivity contribution in [3.8, 4) is 17.6 Å². The first kappa shape index (κ1) is 24.2. The number of aryl methyl sites for hydroxylation is 1. The van der Waals surface area contributed by atoms with Crippen molar-refractivity contribution in [1.29, 1.82) is 5.26 Å². The van der Waals surface area contributed by atoms with Crippen LogP contribution in [-0.2, 0) is 13.7 Å². The number of amides is 2. The predicted octanol–water partition coefficient (Wildman–Crippen LogP) is 1.59. The standard InChI is InChI=1S/C23H22F2N10O2/c1-32-21(29-19(13-36)31-32)20-17(25)12-27-22(30-20)33-4-6-34(7-5-33)23(37)35-18(2-3-28-35)15-8-14(11-26)9-16(24)10-15/h3,8-10,12,18,36H,2,4-7,13H2,1H3/t18-/m0/s1. The highest BCUT2D eigenvalue weighted by molar-refractivity contribution is 5.79. The summed E-state index contributed by atoms with van der Waals surface area (Å²) in [5, 5.41) is 28.0. The molecule has 0 spiro atoms. The van der Waals surface area contributed by atoms with Crippen molar-refractivity contribution in [2.45, 2.75) is 19.1 Å². The van der Waals surface area contributed by atoms with E-state index >= 15 is 0 Å². The molecule has 0 aliphatic carbocycles. The molecule has 1 fully saturated rings. The Balaban J connectivity index is 1.28. The predicted molar refractivity (Wildman–Crippen MR) is 126 cm³/mol. The lowest BCUT2D eigenvalue weighted by atomic mass is 10.0. The summed E-state index contributed by atoms with van der Waals surface area (Å²) in [6.45, 7) is 1.05. The lowest BCUT2D eigenvalue weighted by Gasteiger charge is -2.37. The number of benzene rings is 1. The fourth-order valence-corrected chi connectivity index (χ4v) is 4.36. The summed E-state index contributed by atoms with van der Waals surface area (Å²) in [7, 11) is 1.58. The Morgan fingerprint density at radius 2 is 1.97 bits per heavy atom. The normalized spacial score (nSPS) is 17.4. The van der Waals surface area contributed by atoms with Gasteiger partial charge in [-0.25, -0.2) is 38.2 Å². The smallest absolute Gasteiger partial charge is 0.341 e. The number of carbonyl (C=O) groups excluding carboxylic acids is 1. The summed E-state index contributed by atoms with van der Waals surface area (Å²) < 4.78 is 29.8. The number of halogens is 2. The molecule has 2 aliphatic rings. The number of carbonyl (C=O) groups is 1. The number of anilines is 1. The molecule has 2 aromatic heterocycles. The number of nitrogens with zero attached hydrogens (tertiary/aromatic N) is 10. The van der Waals surface area contributed by atoms with Crippen LogP contribution in [0.4, 0.5) is 19.5 Å². The number of nitriles is 1. The van der Waals surface area contributed by atoms with E-state index in [4.69, 9.17) is 5.26 Å². The summed E-state index contributed by atoms with van der Waals surface area (Å²) in [4.78, 5) is 29.3. The number of aromatic nitrogens is 5. The highest BCUT2D eigenvalue weighted by Gasteiger charge is 2.34. The zero-order valence-electron chi connectivity index (χ0n) is 19.8. The van der Waals surface area contributed by atoms with Crippen LogP contribution >= 0.6 is 0 Å². The van der Waals surface area contributed by atoms with E-state index in [1.54, 1.807) is 24.2 Å². The molecule has 1 atom stereocenters. The largest absolute Gasteiger partial charge is 0.388 e. The number of aliphatic hydroxyl groups excluding tert-OH is 1. The Hall–Kier alpha value is -4.51. The monoisotopic (exact) mass is 508 g/mol.